The molecule has 166 valence electrons. The molecule has 0 aromatic rings. The van der Waals surface area contributed by atoms with E-state index in [1.165, 1.54) is 51.4 Å². The lowest BCUT2D eigenvalue weighted by atomic mass is 9.45. The molecule has 0 bridgehead atoms. The highest BCUT2D eigenvalue weighted by molar-refractivity contribution is 5.32. The third-order valence-corrected chi connectivity index (χ3v) is 10.2. The van der Waals surface area contributed by atoms with E-state index in [0.29, 0.717) is 29.1 Å². The zero-order valence-corrected chi connectivity index (χ0v) is 19.7. The molecule has 4 aliphatic rings. The van der Waals surface area contributed by atoms with E-state index in [9.17, 15) is 10.2 Å². The van der Waals surface area contributed by atoms with Gasteiger partial charge in [0.15, 0.2) is 0 Å². The Hall–Kier alpha value is -0.340. The molecule has 3 fully saturated rings. The van der Waals surface area contributed by atoms with Gasteiger partial charge < -0.3 is 10.2 Å². The highest BCUT2D eigenvalue weighted by Gasteiger charge is 2.59. The largest absolute Gasteiger partial charge is 0.393 e. The van der Waals surface area contributed by atoms with Crippen molar-refractivity contribution in [2.24, 2.45) is 46.3 Å². The summed E-state index contributed by atoms with van der Waals surface area (Å²) in [5.41, 5.74) is 2.23. The molecule has 0 aromatic carbocycles. The summed E-state index contributed by atoms with van der Waals surface area (Å²) in [6.07, 6.45) is 14.2. The van der Waals surface area contributed by atoms with Gasteiger partial charge in [-0.2, -0.15) is 0 Å². The van der Waals surface area contributed by atoms with Crippen molar-refractivity contribution in [1.29, 1.82) is 0 Å². The number of hydrogen-bond donors (Lipinski definition) is 2. The van der Waals surface area contributed by atoms with Gasteiger partial charge in [-0.05, 0) is 85.4 Å². The summed E-state index contributed by atoms with van der Waals surface area (Å²) < 4.78 is 0. The van der Waals surface area contributed by atoms with Crippen molar-refractivity contribution in [2.75, 3.05) is 0 Å². The normalized spacial score (nSPS) is 47.9. The summed E-state index contributed by atoms with van der Waals surface area (Å²) >= 11 is 0. The summed E-state index contributed by atoms with van der Waals surface area (Å²) in [4.78, 5) is 0. The molecule has 4 rings (SSSR count). The molecule has 0 heterocycles. The molecule has 2 N–H and O–H groups in total. The average Bonchev–Trinajstić information content (AvgIpc) is 2.92. The van der Waals surface area contributed by atoms with E-state index in [-0.39, 0.29) is 17.6 Å². The van der Waals surface area contributed by atoms with Gasteiger partial charge in [0.1, 0.15) is 0 Å². The second-order valence-electron chi connectivity index (χ2n) is 12.3. The quantitative estimate of drug-likeness (QED) is 0.525. The summed E-state index contributed by atoms with van der Waals surface area (Å²) in [5.74, 6) is 3.91. The van der Waals surface area contributed by atoms with E-state index in [1.54, 1.807) is 5.57 Å². The number of hydrogen-bond acceptors (Lipinski definition) is 2. The number of allylic oxidation sites excluding steroid dienone is 1. The molecule has 0 unspecified atom stereocenters. The first-order valence-corrected chi connectivity index (χ1v) is 12.7. The van der Waals surface area contributed by atoms with Crippen LogP contribution >= 0.6 is 0 Å². The van der Waals surface area contributed by atoms with E-state index in [4.69, 9.17) is 0 Å². The molecule has 9 atom stereocenters. The number of aliphatic hydroxyl groups is 2. The van der Waals surface area contributed by atoms with Crippen LogP contribution in [0.25, 0.3) is 0 Å². The number of aliphatic hydroxyl groups excluding tert-OH is 2. The van der Waals surface area contributed by atoms with Gasteiger partial charge in [0.25, 0.3) is 0 Å². The smallest absolute Gasteiger partial charge is 0.0762 e. The van der Waals surface area contributed by atoms with Crippen LogP contribution in [0, 0.1) is 46.3 Å². The Bertz CT molecular complexity index is 624. The van der Waals surface area contributed by atoms with E-state index in [1.807, 2.05) is 0 Å². The van der Waals surface area contributed by atoms with Crippen LogP contribution in [0.5, 0.6) is 0 Å². The van der Waals surface area contributed by atoms with E-state index < -0.39 is 0 Å². The standard InChI is InChI=1S/C27H46O2/c1-17(2)7-6-8-18(3)25-24(29)16-23-21-10-9-19-15-20(28)11-13-26(19,4)22(21)12-14-27(23,25)5/h16-22,24-25,28-29H,6-15H2,1-5H3/t18-,19+,20+,21-,22+,24-,25+,26+,27+/m1/s1. The first-order valence-electron chi connectivity index (χ1n) is 12.7. The van der Waals surface area contributed by atoms with Gasteiger partial charge in [-0.1, -0.05) is 65.5 Å². The van der Waals surface area contributed by atoms with Crippen LogP contribution in [0.15, 0.2) is 11.6 Å². The molecular weight excluding hydrogens is 356 g/mol. The zero-order chi connectivity index (χ0) is 21.0. The maximum absolute atomic E-state index is 11.2. The predicted octanol–water partition coefficient (Wildman–Crippen LogP) is 6.36. The third kappa shape index (κ3) is 3.65. The lowest BCUT2D eigenvalue weighted by Gasteiger charge is -2.59. The fourth-order valence-corrected chi connectivity index (χ4v) is 8.63. The first kappa shape index (κ1) is 21.9. The Balaban J connectivity index is 1.52. The van der Waals surface area contributed by atoms with E-state index >= 15 is 0 Å². The molecule has 0 aromatic heterocycles. The van der Waals surface area contributed by atoms with Crippen LogP contribution in [0.1, 0.15) is 98.8 Å². The lowest BCUT2D eigenvalue weighted by molar-refractivity contribution is -0.0887. The molecule has 2 heteroatoms. The van der Waals surface area contributed by atoms with Crippen LogP contribution in [0.2, 0.25) is 0 Å². The number of rotatable bonds is 5. The van der Waals surface area contributed by atoms with E-state index in [2.05, 4.69) is 40.7 Å². The van der Waals surface area contributed by atoms with Crippen LogP contribution in [0.4, 0.5) is 0 Å². The Morgan fingerprint density at radius 2 is 1.76 bits per heavy atom. The molecular formula is C27H46O2. The first-order chi connectivity index (χ1) is 13.7. The molecule has 0 radical (unpaired) electrons. The van der Waals surface area contributed by atoms with Crippen LogP contribution in [0.3, 0.4) is 0 Å². The van der Waals surface area contributed by atoms with Crippen LogP contribution in [-0.2, 0) is 0 Å². The summed E-state index contributed by atoms with van der Waals surface area (Å²) in [6.45, 7) is 12.1. The summed E-state index contributed by atoms with van der Waals surface area (Å²) in [7, 11) is 0. The Labute approximate surface area is 179 Å². The second-order valence-corrected chi connectivity index (χ2v) is 12.3. The van der Waals surface area contributed by atoms with Crippen LogP contribution < -0.4 is 0 Å². The molecule has 29 heavy (non-hydrogen) atoms. The summed E-state index contributed by atoms with van der Waals surface area (Å²) in [5, 5.41) is 21.4. The van der Waals surface area contributed by atoms with Gasteiger partial charge in [0.2, 0.25) is 0 Å². The zero-order valence-electron chi connectivity index (χ0n) is 19.7. The van der Waals surface area contributed by atoms with Crippen molar-refractivity contribution in [3.63, 3.8) is 0 Å². The third-order valence-electron chi connectivity index (χ3n) is 10.2. The van der Waals surface area contributed by atoms with Gasteiger partial charge in [0.05, 0.1) is 12.2 Å². The second kappa shape index (κ2) is 7.97. The molecule has 0 spiro atoms. The van der Waals surface area contributed by atoms with Crippen molar-refractivity contribution in [3.8, 4) is 0 Å². The maximum atomic E-state index is 11.2. The van der Waals surface area contributed by atoms with Crippen molar-refractivity contribution in [1.82, 2.24) is 0 Å². The predicted molar refractivity (Wildman–Crippen MR) is 120 cm³/mol. The van der Waals surface area contributed by atoms with Crippen molar-refractivity contribution in [2.45, 2.75) is 111 Å². The molecule has 0 aliphatic heterocycles. The average molecular weight is 403 g/mol. The topological polar surface area (TPSA) is 40.5 Å². The number of fused-ring (bicyclic) bond motifs is 5. The molecule has 2 nitrogen and oxygen atoms in total. The fourth-order valence-electron chi connectivity index (χ4n) is 8.63. The Morgan fingerprint density at radius 3 is 2.48 bits per heavy atom. The minimum atomic E-state index is -0.249. The van der Waals surface area contributed by atoms with E-state index in [0.717, 1.165) is 24.7 Å². The van der Waals surface area contributed by atoms with Crippen molar-refractivity contribution >= 4 is 0 Å². The Kier molecular flexibility index (Phi) is 6.01. The fraction of sp³-hybridized carbons (Fsp3) is 0.926. The van der Waals surface area contributed by atoms with Gasteiger partial charge in [-0.25, -0.2) is 0 Å². The molecule has 0 amide bonds. The Morgan fingerprint density at radius 1 is 1.00 bits per heavy atom. The highest BCUT2D eigenvalue weighted by atomic mass is 16.3. The lowest BCUT2D eigenvalue weighted by Crippen LogP contribution is -2.52. The minimum Gasteiger partial charge on any atom is -0.393 e. The molecule has 0 saturated heterocycles. The highest BCUT2D eigenvalue weighted by Crippen LogP contribution is 2.66. The molecule has 4 aliphatic carbocycles. The van der Waals surface area contributed by atoms with Crippen molar-refractivity contribution in [3.05, 3.63) is 11.6 Å². The maximum Gasteiger partial charge on any atom is 0.0762 e. The van der Waals surface area contributed by atoms with Gasteiger partial charge in [0, 0.05) is 5.92 Å². The van der Waals surface area contributed by atoms with Crippen LogP contribution in [-0.4, -0.2) is 22.4 Å². The van der Waals surface area contributed by atoms with Gasteiger partial charge >= 0.3 is 0 Å². The summed E-state index contributed by atoms with van der Waals surface area (Å²) in [6, 6.07) is 0. The monoisotopic (exact) mass is 402 g/mol. The van der Waals surface area contributed by atoms with Gasteiger partial charge in [-0.15, -0.1) is 0 Å². The minimum absolute atomic E-state index is 0.0675. The van der Waals surface area contributed by atoms with Gasteiger partial charge in [-0.3, -0.25) is 0 Å². The van der Waals surface area contributed by atoms with Crippen molar-refractivity contribution < 1.29 is 10.2 Å². The SMILES string of the molecule is CC(C)CCC[C@@H](C)[C@H]1[C@H](O)C=C2[C@@H]3CC[C@H]4C[C@@H](O)CC[C@]4(C)[C@H]3CC[C@@]21C. The molecule has 3 saturated carbocycles.